The van der Waals surface area contributed by atoms with Crippen LogP contribution >= 0.6 is 0 Å². The van der Waals surface area contributed by atoms with E-state index in [1.165, 1.54) is 42.7 Å². The predicted octanol–water partition coefficient (Wildman–Crippen LogP) is 2.50. The standard InChI is InChI=1S/C23H19N3O6/c27-20(28)14-24-21(29)16-8-10-17(11-9-16)25-22(30)18(13-15-5-2-1-3-6-15)26-23(31)19-7-4-12-32-19/h1-13H,14H2,(H,24,29)(H,25,30)(H,26,31)(H,27,28)/b18-13-. The van der Waals surface area contributed by atoms with E-state index in [1.54, 1.807) is 30.3 Å². The second-order valence-corrected chi connectivity index (χ2v) is 6.51. The molecule has 0 aliphatic rings. The molecule has 3 rings (SSSR count). The molecular weight excluding hydrogens is 414 g/mol. The quantitative estimate of drug-likeness (QED) is 0.403. The molecule has 3 amide bonds. The number of benzene rings is 2. The van der Waals surface area contributed by atoms with E-state index in [1.807, 2.05) is 6.07 Å². The maximum atomic E-state index is 12.8. The molecule has 162 valence electrons. The van der Waals surface area contributed by atoms with Gasteiger partial charge in [-0.15, -0.1) is 0 Å². The van der Waals surface area contributed by atoms with Crippen LogP contribution in [0.25, 0.3) is 6.08 Å². The zero-order valence-electron chi connectivity index (χ0n) is 16.7. The first kappa shape index (κ1) is 22.0. The van der Waals surface area contributed by atoms with E-state index in [9.17, 15) is 19.2 Å². The summed E-state index contributed by atoms with van der Waals surface area (Å²) in [5, 5.41) is 16.1. The average molecular weight is 433 g/mol. The smallest absolute Gasteiger partial charge is 0.322 e. The summed E-state index contributed by atoms with van der Waals surface area (Å²) in [5.41, 5.74) is 1.29. The highest BCUT2D eigenvalue weighted by Crippen LogP contribution is 2.13. The Hall–Kier alpha value is -4.66. The summed E-state index contributed by atoms with van der Waals surface area (Å²) in [6, 6.07) is 17.9. The minimum atomic E-state index is -1.16. The molecule has 3 aromatic rings. The molecule has 0 bridgehead atoms. The van der Waals surface area contributed by atoms with Crippen LogP contribution in [0.15, 0.2) is 83.1 Å². The SMILES string of the molecule is O=C(O)CNC(=O)c1ccc(NC(=O)/C(=C/c2ccccc2)NC(=O)c2ccco2)cc1. The van der Waals surface area contributed by atoms with E-state index in [0.29, 0.717) is 11.3 Å². The topological polar surface area (TPSA) is 138 Å². The van der Waals surface area contributed by atoms with Crippen LogP contribution in [-0.4, -0.2) is 35.3 Å². The summed E-state index contributed by atoms with van der Waals surface area (Å²) in [5.74, 6) is -2.83. The van der Waals surface area contributed by atoms with Gasteiger partial charge >= 0.3 is 5.97 Å². The first-order valence-electron chi connectivity index (χ1n) is 9.45. The lowest BCUT2D eigenvalue weighted by Gasteiger charge is -2.11. The van der Waals surface area contributed by atoms with Crippen LogP contribution in [0.3, 0.4) is 0 Å². The van der Waals surface area contributed by atoms with Gasteiger partial charge < -0.3 is 25.5 Å². The van der Waals surface area contributed by atoms with Crippen LogP contribution in [0.1, 0.15) is 26.5 Å². The number of hydrogen-bond acceptors (Lipinski definition) is 5. The third-order valence-electron chi connectivity index (χ3n) is 4.15. The van der Waals surface area contributed by atoms with Gasteiger partial charge in [-0.3, -0.25) is 19.2 Å². The predicted molar refractivity (Wildman–Crippen MR) is 116 cm³/mol. The van der Waals surface area contributed by atoms with E-state index in [4.69, 9.17) is 9.52 Å². The minimum absolute atomic E-state index is 0.0131. The molecule has 0 aliphatic carbocycles. The number of hydrogen-bond donors (Lipinski definition) is 4. The van der Waals surface area contributed by atoms with Crippen LogP contribution in [0.2, 0.25) is 0 Å². The van der Waals surface area contributed by atoms with E-state index in [0.717, 1.165) is 0 Å². The molecule has 1 heterocycles. The number of nitrogens with one attached hydrogen (secondary N) is 3. The molecule has 0 fully saturated rings. The number of aliphatic carboxylic acids is 1. The summed E-state index contributed by atoms with van der Waals surface area (Å²) in [7, 11) is 0. The number of carboxylic acids is 1. The Balaban J connectivity index is 1.74. The molecule has 0 aliphatic heterocycles. The van der Waals surface area contributed by atoms with Gasteiger partial charge in [0.25, 0.3) is 17.7 Å². The molecule has 0 atom stereocenters. The molecule has 9 nitrogen and oxygen atoms in total. The van der Waals surface area contributed by atoms with Crippen molar-refractivity contribution in [3.63, 3.8) is 0 Å². The number of furan rings is 1. The molecule has 9 heteroatoms. The van der Waals surface area contributed by atoms with Gasteiger partial charge in [0.2, 0.25) is 0 Å². The summed E-state index contributed by atoms with van der Waals surface area (Å²) < 4.78 is 5.07. The first-order chi connectivity index (χ1) is 15.4. The highest BCUT2D eigenvalue weighted by molar-refractivity contribution is 6.10. The van der Waals surface area contributed by atoms with Crippen LogP contribution < -0.4 is 16.0 Å². The highest BCUT2D eigenvalue weighted by Gasteiger charge is 2.17. The Morgan fingerprint density at radius 3 is 2.22 bits per heavy atom. The largest absolute Gasteiger partial charge is 0.480 e. The Morgan fingerprint density at radius 1 is 0.875 bits per heavy atom. The van der Waals surface area contributed by atoms with Gasteiger partial charge in [0, 0.05) is 11.3 Å². The van der Waals surface area contributed by atoms with E-state index >= 15 is 0 Å². The van der Waals surface area contributed by atoms with Crippen molar-refractivity contribution in [3.05, 3.63) is 95.6 Å². The number of rotatable bonds is 8. The Kier molecular flexibility index (Phi) is 7.16. The van der Waals surface area contributed by atoms with E-state index in [-0.39, 0.29) is 17.0 Å². The third kappa shape index (κ3) is 6.17. The lowest BCUT2D eigenvalue weighted by atomic mass is 10.1. The monoisotopic (exact) mass is 433 g/mol. The summed E-state index contributed by atoms with van der Waals surface area (Å²) >= 11 is 0. The molecule has 4 N–H and O–H groups in total. The normalized spacial score (nSPS) is 10.8. The van der Waals surface area contributed by atoms with Crippen molar-refractivity contribution in [1.82, 2.24) is 10.6 Å². The molecule has 0 saturated heterocycles. The van der Waals surface area contributed by atoms with Crippen LogP contribution in [0, 0.1) is 0 Å². The van der Waals surface area contributed by atoms with Gasteiger partial charge in [-0.05, 0) is 48.0 Å². The van der Waals surface area contributed by atoms with E-state index < -0.39 is 30.2 Å². The van der Waals surface area contributed by atoms with Crippen molar-refractivity contribution in [2.75, 3.05) is 11.9 Å². The van der Waals surface area contributed by atoms with Gasteiger partial charge in [-0.25, -0.2) is 0 Å². The second-order valence-electron chi connectivity index (χ2n) is 6.51. The average Bonchev–Trinajstić information content (AvgIpc) is 3.33. The molecule has 32 heavy (non-hydrogen) atoms. The molecule has 1 aromatic heterocycles. The summed E-state index contributed by atoms with van der Waals surface area (Å²) in [4.78, 5) is 47.7. The fourth-order valence-electron chi connectivity index (χ4n) is 2.63. The van der Waals surface area contributed by atoms with Gasteiger partial charge in [-0.1, -0.05) is 30.3 Å². The number of carbonyl (C=O) groups excluding carboxylic acids is 3. The lowest BCUT2D eigenvalue weighted by Crippen LogP contribution is -2.30. The molecule has 0 spiro atoms. The fraction of sp³-hybridized carbons (Fsp3) is 0.0435. The fourth-order valence-corrected chi connectivity index (χ4v) is 2.63. The van der Waals surface area contributed by atoms with Gasteiger partial charge in [0.05, 0.1) is 6.26 Å². The number of amides is 3. The molecule has 0 radical (unpaired) electrons. The lowest BCUT2D eigenvalue weighted by molar-refractivity contribution is -0.135. The number of carbonyl (C=O) groups is 4. The van der Waals surface area contributed by atoms with Crippen molar-refractivity contribution in [3.8, 4) is 0 Å². The third-order valence-corrected chi connectivity index (χ3v) is 4.15. The minimum Gasteiger partial charge on any atom is -0.480 e. The molecular formula is C23H19N3O6. The van der Waals surface area contributed by atoms with Crippen LogP contribution in [0.4, 0.5) is 5.69 Å². The molecule has 0 unspecified atom stereocenters. The highest BCUT2D eigenvalue weighted by atomic mass is 16.4. The van der Waals surface area contributed by atoms with Crippen molar-refractivity contribution in [2.24, 2.45) is 0 Å². The van der Waals surface area contributed by atoms with Gasteiger partial charge in [0.1, 0.15) is 12.2 Å². The maximum absolute atomic E-state index is 12.8. The molecule has 2 aromatic carbocycles. The second kappa shape index (κ2) is 10.4. The zero-order chi connectivity index (χ0) is 22.9. The van der Waals surface area contributed by atoms with Gasteiger partial charge in [-0.2, -0.15) is 0 Å². The van der Waals surface area contributed by atoms with Crippen LogP contribution in [0.5, 0.6) is 0 Å². The number of carboxylic acid groups (broad SMARTS) is 1. The first-order valence-corrected chi connectivity index (χ1v) is 9.45. The Bertz CT molecular complexity index is 1140. The van der Waals surface area contributed by atoms with Crippen molar-refractivity contribution >= 4 is 35.5 Å². The number of anilines is 1. The van der Waals surface area contributed by atoms with Crippen molar-refractivity contribution < 1.29 is 28.7 Å². The zero-order valence-corrected chi connectivity index (χ0v) is 16.7. The molecule has 0 saturated carbocycles. The Labute approximate surface area is 182 Å². The Morgan fingerprint density at radius 2 is 1.59 bits per heavy atom. The summed E-state index contributed by atoms with van der Waals surface area (Å²) in [6.07, 6.45) is 2.87. The van der Waals surface area contributed by atoms with E-state index in [2.05, 4.69) is 16.0 Å². The maximum Gasteiger partial charge on any atom is 0.322 e. The summed E-state index contributed by atoms with van der Waals surface area (Å²) in [6.45, 7) is -0.500. The van der Waals surface area contributed by atoms with Crippen LogP contribution in [-0.2, 0) is 9.59 Å². The van der Waals surface area contributed by atoms with Crippen molar-refractivity contribution in [2.45, 2.75) is 0 Å². The van der Waals surface area contributed by atoms with Gasteiger partial charge in [0.15, 0.2) is 5.76 Å². The van der Waals surface area contributed by atoms with Crippen molar-refractivity contribution in [1.29, 1.82) is 0 Å².